The van der Waals surface area contributed by atoms with E-state index in [1.54, 1.807) is 15.4 Å². The predicted octanol–water partition coefficient (Wildman–Crippen LogP) is 3.53. The van der Waals surface area contributed by atoms with Crippen LogP contribution < -0.4 is 0 Å². The molecule has 6 heteroatoms. The molecule has 3 aromatic rings. The van der Waals surface area contributed by atoms with E-state index in [9.17, 15) is 13.9 Å². The highest BCUT2D eigenvalue weighted by Crippen LogP contribution is 2.40. The molecule has 4 nitrogen and oxygen atoms in total. The predicted molar refractivity (Wildman–Crippen MR) is 85.8 cm³/mol. The Hall–Kier alpha value is -2.47. The van der Waals surface area contributed by atoms with E-state index < -0.39 is 17.7 Å². The number of rotatable bonds is 2. The molecule has 1 aromatic carbocycles. The van der Waals surface area contributed by atoms with Crippen molar-refractivity contribution in [3.8, 4) is 16.9 Å². The van der Waals surface area contributed by atoms with Gasteiger partial charge in [-0.05, 0) is 37.5 Å². The molecule has 0 saturated heterocycles. The monoisotopic (exact) mass is 329 g/mol. The lowest BCUT2D eigenvalue weighted by Crippen LogP contribution is -2.12. The zero-order chi connectivity index (χ0) is 16.8. The summed E-state index contributed by atoms with van der Waals surface area (Å²) in [4.78, 5) is 0. The van der Waals surface area contributed by atoms with Gasteiger partial charge in [0.05, 0.1) is 17.5 Å². The summed E-state index contributed by atoms with van der Waals surface area (Å²) in [5.74, 6) is -1.24. The molecule has 0 radical (unpaired) electrons. The van der Waals surface area contributed by atoms with Crippen molar-refractivity contribution < 1.29 is 13.9 Å². The second kappa shape index (κ2) is 5.56. The van der Waals surface area contributed by atoms with E-state index in [1.807, 2.05) is 19.3 Å². The summed E-state index contributed by atoms with van der Waals surface area (Å²) < 4.78 is 30.8. The minimum atomic E-state index is -0.620. The molecule has 1 N–H and O–H groups in total. The van der Waals surface area contributed by atoms with Crippen LogP contribution >= 0.6 is 0 Å². The average Bonchev–Trinajstić information content (AvgIpc) is 3.10. The number of hydrogen-bond donors (Lipinski definition) is 1. The summed E-state index contributed by atoms with van der Waals surface area (Å²) >= 11 is 0. The van der Waals surface area contributed by atoms with Crippen molar-refractivity contribution in [3.05, 3.63) is 59.6 Å². The topological polar surface area (TPSA) is 43.0 Å². The maximum Gasteiger partial charge on any atom is 0.128 e. The lowest BCUT2D eigenvalue weighted by atomic mass is 9.91. The standard InChI is InChI=1S/C18H17F2N3O/c1-22-15(5-6-21-22)14-10-23(13-8-11(19)7-12(20)9-13)16-3-2-4-17(24)18(14)16/h5-10,17,24H,2-4H2,1H3. The Morgan fingerprint density at radius 2 is 1.96 bits per heavy atom. The van der Waals surface area contributed by atoms with E-state index >= 15 is 0 Å². The molecule has 1 unspecified atom stereocenters. The normalized spacial score (nSPS) is 17.1. The maximum absolute atomic E-state index is 13.6. The molecule has 1 aliphatic rings. The van der Waals surface area contributed by atoms with Crippen LogP contribution in [0.4, 0.5) is 8.78 Å². The Morgan fingerprint density at radius 3 is 2.62 bits per heavy atom. The van der Waals surface area contributed by atoms with E-state index in [0.717, 1.165) is 41.4 Å². The molecule has 2 aromatic heterocycles. The first-order valence-corrected chi connectivity index (χ1v) is 7.91. The van der Waals surface area contributed by atoms with Crippen LogP contribution in [0.3, 0.4) is 0 Å². The van der Waals surface area contributed by atoms with Crippen LogP contribution in [0.5, 0.6) is 0 Å². The summed E-state index contributed by atoms with van der Waals surface area (Å²) in [7, 11) is 1.83. The first-order chi connectivity index (χ1) is 11.5. The van der Waals surface area contributed by atoms with Crippen molar-refractivity contribution >= 4 is 0 Å². The zero-order valence-electron chi connectivity index (χ0n) is 13.2. The number of aryl methyl sites for hydroxylation is 1. The molecule has 0 fully saturated rings. The molecule has 2 heterocycles. The van der Waals surface area contributed by atoms with Crippen molar-refractivity contribution in [2.45, 2.75) is 25.4 Å². The Bertz CT molecular complexity index is 893. The van der Waals surface area contributed by atoms with E-state index in [1.165, 1.54) is 12.1 Å². The third-order valence-electron chi connectivity index (χ3n) is 4.60. The van der Waals surface area contributed by atoms with Gasteiger partial charge in [0.25, 0.3) is 0 Å². The highest BCUT2D eigenvalue weighted by Gasteiger charge is 2.28. The molecule has 0 aliphatic heterocycles. The molecule has 0 spiro atoms. The molecule has 4 rings (SSSR count). The second-order valence-electron chi connectivity index (χ2n) is 6.15. The molecular weight excluding hydrogens is 312 g/mol. The summed E-state index contributed by atoms with van der Waals surface area (Å²) in [5, 5.41) is 14.7. The van der Waals surface area contributed by atoms with E-state index in [2.05, 4.69) is 5.10 Å². The Labute approximate surface area is 138 Å². The number of nitrogens with zero attached hydrogens (tertiary/aromatic N) is 3. The fourth-order valence-electron chi connectivity index (χ4n) is 3.55. The summed E-state index contributed by atoms with van der Waals surface area (Å²) in [6.45, 7) is 0. The van der Waals surface area contributed by atoms with Gasteiger partial charge in [-0.15, -0.1) is 0 Å². The van der Waals surface area contributed by atoms with E-state index in [4.69, 9.17) is 0 Å². The van der Waals surface area contributed by atoms with Crippen LogP contribution in [-0.2, 0) is 13.5 Å². The lowest BCUT2D eigenvalue weighted by Gasteiger charge is -2.21. The average molecular weight is 329 g/mol. The minimum absolute atomic E-state index is 0.422. The van der Waals surface area contributed by atoms with Crippen LogP contribution in [0, 0.1) is 11.6 Å². The highest BCUT2D eigenvalue weighted by atomic mass is 19.1. The third kappa shape index (κ3) is 2.34. The largest absolute Gasteiger partial charge is 0.388 e. The van der Waals surface area contributed by atoms with Gasteiger partial charge in [0.2, 0.25) is 0 Å². The minimum Gasteiger partial charge on any atom is -0.388 e. The van der Waals surface area contributed by atoms with Crippen LogP contribution in [0.1, 0.15) is 30.2 Å². The van der Waals surface area contributed by atoms with Gasteiger partial charge in [-0.2, -0.15) is 5.10 Å². The second-order valence-corrected chi connectivity index (χ2v) is 6.15. The number of halogens is 2. The molecule has 124 valence electrons. The molecule has 0 amide bonds. The van der Waals surface area contributed by atoms with Crippen LogP contribution in [0.15, 0.2) is 36.7 Å². The van der Waals surface area contributed by atoms with Gasteiger partial charge in [0.1, 0.15) is 11.6 Å². The Morgan fingerprint density at radius 1 is 1.21 bits per heavy atom. The highest BCUT2D eigenvalue weighted by molar-refractivity contribution is 5.68. The fraction of sp³-hybridized carbons (Fsp3) is 0.278. The summed E-state index contributed by atoms with van der Waals surface area (Å²) in [6.07, 6.45) is 5.21. The number of benzene rings is 1. The van der Waals surface area contributed by atoms with Crippen molar-refractivity contribution in [3.63, 3.8) is 0 Å². The van der Waals surface area contributed by atoms with Gasteiger partial charge in [0, 0.05) is 42.3 Å². The molecule has 0 bridgehead atoms. The first kappa shape index (κ1) is 15.1. The number of hydrogen-bond acceptors (Lipinski definition) is 2. The number of fused-ring (bicyclic) bond motifs is 1. The van der Waals surface area contributed by atoms with E-state index in [-0.39, 0.29) is 0 Å². The molecule has 1 aliphatic carbocycles. The summed E-state index contributed by atoms with van der Waals surface area (Å²) in [6, 6.07) is 5.33. The van der Waals surface area contributed by atoms with Gasteiger partial charge >= 0.3 is 0 Å². The van der Waals surface area contributed by atoms with Crippen molar-refractivity contribution in [1.82, 2.24) is 14.3 Å². The zero-order valence-corrected chi connectivity index (χ0v) is 13.2. The fourth-order valence-corrected chi connectivity index (χ4v) is 3.55. The third-order valence-corrected chi connectivity index (χ3v) is 4.60. The van der Waals surface area contributed by atoms with Gasteiger partial charge in [-0.3, -0.25) is 4.68 Å². The quantitative estimate of drug-likeness (QED) is 0.782. The van der Waals surface area contributed by atoms with Gasteiger partial charge in [0.15, 0.2) is 0 Å². The van der Waals surface area contributed by atoms with Gasteiger partial charge in [-0.25, -0.2) is 8.78 Å². The van der Waals surface area contributed by atoms with Gasteiger partial charge < -0.3 is 9.67 Å². The molecule has 24 heavy (non-hydrogen) atoms. The Kier molecular flexibility index (Phi) is 3.49. The van der Waals surface area contributed by atoms with Crippen LogP contribution in [-0.4, -0.2) is 19.5 Å². The smallest absolute Gasteiger partial charge is 0.128 e. The first-order valence-electron chi connectivity index (χ1n) is 7.91. The Balaban J connectivity index is 1.97. The molecule has 0 saturated carbocycles. The van der Waals surface area contributed by atoms with Gasteiger partial charge in [-0.1, -0.05) is 0 Å². The van der Waals surface area contributed by atoms with Crippen molar-refractivity contribution in [2.24, 2.45) is 7.05 Å². The number of aromatic nitrogens is 3. The maximum atomic E-state index is 13.6. The number of aliphatic hydroxyl groups excluding tert-OH is 1. The van der Waals surface area contributed by atoms with Crippen LogP contribution in [0.2, 0.25) is 0 Å². The molecular formula is C18H17F2N3O. The van der Waals surface area contributed by atoms with E-state index in [0.29, 0.717) is 12.1 Å². The van der Waals surface area contributed by atoms with Crippen molar-refractivity contribution in [2.75, 3.05) is 0 Å². The lowest BCUT2D eigenvalue weighted by molar-refractivity contribution is 0.156. The summed E-state index contributed by atoms with van der Waals surface area (Å²) in [5.41, 5.74) is 3.86. The molecule has 1 atom stereocenters. The SMILES string of the molecule is Cn1nccc1-c1cn(-c2cc(F)cc(F)c2)c2c1C(O)CCC2. The van der Waals surface area contributed by atoms with Crippen LogP contribution in [0.25, 0.3) is 16.9 Å². The van der Waals surface area contributed by atoms with Crippen molar-refractivity contribution in [1.29, 1.82) is 0 Å². The number of aliphatic hydroxyl groups is 1.